The van der Waals surface area contributed by atoms with Crippen molar-refractivity contribution in [3.05, 3.63) is 35.4 Å². The van der Waals surface area contributed by atoms with Gasteiger partial charge in [-0.2, -0.15) is 0 Å². The molecule has 1 aromatic rings. The number of nitrogens with one attached hydrogen (secondary N) is 1. The molecule has 0 unspecified atom stereocenters. The molecular weight excluding hydrogens is 252 g/mol. The fraction of sp³-hybridized carbons (Fsp3) is 0.500. The van der Waals surface area contributed by atoms with Crippen molar-refractivity contribution in [3.63, 3.8) is 0 Å². The monoisotopic (exact) mass is 271 g/mol. The smallest absolute Gasteiger partial charge is 0.408 e. The largest absolute Gasteiger partial charge is 0.444 e. The molecule has 0 radical (unpaired) electrons. The van der Waals surface area contributed by atoms with Crippen LogP contribution >= 0.6 is 0 Å². The maximum atomic E-state index is 13.1. The molecule has 0 aliphatic heterocycles. The molecule has 1 aromatic carbocycles. The van der Waals surface area contributed by atoms with Gasteiger partial charge in [-0.15, -0.1) is 0 Å². The average molecular weight is 271 g/mol. The summed E-state index contributed by atoms with van der Waals surface area (Å²) in [5, 5.41) is 2.60. The summed E-state index contributed by atoms with van der Waals surface area (Å²) in [6.07, 6.45) is -0.105. The number of alkyl carbamates (subject to hydrolysis) is 1. The van der Waals surface area contributed by atoms with E-state index in [1.54, 1.807) is 20.8 Å². The summed E-state index contributed by atoms with van der Waals surface area (Å²) in [6, 6.07) is 2.72. The molecule has 19 heavy (non-hydrogen) atoms. The summed E-state index contributed by atoms with van der Waals surface area (Å²) in [5.74, 6) is -1.33. The zero-order valence-corrected chi connectivity index (χ0v) is 11.6. The van der Waals surface area contributed by atoms with Crippen molar-refractivity contribution in [2.75, 3.05) is 0 Å². The summed E-state index contributed by atoms with van der Waals surface area (Å²) in [5.41, 5.74) is -0.235. The molecule has 0 heterocycles. The molecule has 0 saturated heterocycles. The van der Waals surface area contributed by atoms with Crippen molar-refractivity contribution in [2.24, 2.45) is 0 Å². The Morgan fingerprint density at radius 1 is 1.26 bits per heavy atom. The zero-order chi connectivity index (χ0) is 14.6. The fourth-order valence-corrected chi connectivity index (χ4v) is 1.65. The molecule has 0 saturated carbocycles. The molecule has 1 atom stereocenters. The van der Waals surface area contributed by atoms with Crippen molar-refractivity contribution in [1.82, 2.24) is 5.32 Å². The number of hydrogen-bond acceptors (Lipinski definition) is 2. The van der Waals surface area contributed by atoms with Crippen LogP contribution in [-0.2, 0) is 4.74 Å². The summed E-state index contributed by atoms with van der Waals surface area (Å²) in [7, 11) is 0. The summed E-state index contributed by atoms with van der Waals surface area (Å²) in [4.78, 5) is 11.7. The Balaban J connectivity index is 2.81. The van der Waals surface area contributed by atoms with Gasteiger partial charge in [0.2, 0.25) is 0 Å². The molecule has 3 nitrogen and oxygen atoms in total. The Kier molecular flexibility index (Phi) is 4.86. The summed E-state index contributed by atoms with van der Waals surface area (Å²) in [6.45, 7) is 7.05. The lowest BCUT2D eigenvalue weighted by molar-refractivity contribution is 0.0502. The number of halogens is 2. The molecule has 0 spiro atoms. The van der Waals surface area contributed by atoms with Crippen LogP contribution in [0.2, 0.25) is 0 Å². The molecule has 0 aliphatic rings. The number of carbonyl (C=O) groups excluding carboxylic acids is 1. The first-order chi connectivity index (χ1) is 8.71. The van der Waals surface area contributed by atoms with E-state index in [4.69, 9.17) is 4.74 Å². The predicted molar refractivity (Wildman–Crippen MR) is 68.8 cm³/mol. The van der Waals surface area contributed by atoms with Crippen molar-refractivity contribution in [1.29, 1.82) is 0 Å². The van der Waals surface area contributed by atoms with Gasteiger partial charge >= 0.3 is 6.09 Å². The highest BCUT2D eigenvalue weighted by molar-refractivity contribution is 5.68. The standard InChI is InChI=1S/C14H19F2NO2/c1-5-12(17-13(18)19-14(2,3)4)9-6-10(15)8-11(16)7-9/h6-8,12H,5H2,1-4H3,(H,17,18)/t12-/m1/s1. The third-order valence-electron chi connectivity index (χ3n) is 2.39. The van der Waals surface area contributed by atoms with Gasteiger partial charge in [0.05, 0.1) is 6.04 Å². The molecule has 106 valence electrons. The maximum Gasteiger partial charge on any atom is 0.408 e. The van der Waals surface area contributed by atoms with E-state index in [0.29, 0.717) is 12.0 Å². The molecule has 1 rings (SSSR count). The molecule has 0 bridgehead atoms. The van der Waals surface area contributed by atoms with Crippen molar-refractivity contribution in [3.8, 4) is 0 Å². The molecule has 1 N–H and O–H groups in total. The Labute approximate surface area is 112 Å². The van der Waals surface area contributed by atoms with E-state index in [1.807, 2.05) is 6.92 Å². The molecule has 1 amide bonds. The Bertz CT molecular complexity index is 435. The first-order valence-electron chi connectivity index (χ1n) is 6.17. The SMILES string of the molecule is CC[C@@H](NC(=O)OC(C)(C)C)c1cc(F)cc(F)c1. The Morgan fingerprint density at radius 3 is 2.21 bits per heavy atom. The van der Waals surface area contributed by atoms with Crippen LogP contribution in [0.25, 0.3) is 0 Å². The number of rotatable bonds is 3. The van der Waals surface area contributed by atoms with Crippen LogP contribution in [0.15, 0.2) is 18.2 Å². The van der Waals surface area contributed by atoms with Crippen molar-refractivity contribution in [2.45, 2.75) is 45.8 Å². The lowest BCUT2D eigenvalue weighted by Gasteiger charge is -2.23. The van der Waals surface area contributed by atoms with Crippen LogP contribution < -0.4 is 5.32 Å². The topological polar surface area (TPSA) is 38.3 Å². The highest BCUT2D eigenvalue weighted by atomic mass is 19.1. The number of ether oxygens (including phenoxy) is 1. The molecular formula is C14H19F2NO2. The van der Waals surface area contributed by atoms with Crippen molar-refractivity contribution < 1.29 is 18.3 Å². The van der Waals surface area contributed by atoms with Crippen LogP contribution in [0.5, 0.6) is 0 Å². The van der Waals surface area contributed by atoms with Crippen LogP contribution in [0.3, 0.4) is 0 Å². The third-order valence-corrected chi connectivity index (χ3v) is 2.39. The van der Waals surface area contributed by atoms with Gasteiger partial charge in [0.1, 0.15) is 17.2 Å². The van der Waals surface area contributed by atoms with Gasteiger partial charge in [-0.1, -0.05) is 6.92 Å². The van der Waals surface area contributed by atoms with Crippen molar-refractivity contribution >= 4 is 6.09 Å². The van der Waals surface area contributed by atoms with E-state index < -0.39 is 29.4 Å². The quantitative estimate of drug-likeness (QED) is 0.904. The Hall–Kier alpha value is -1.65. The van der Waals surface area contributed by atoms with E-state index in [2.05, 4.69) is 5.32 Å². The number of carbonyl (C=O) groups is 1. The maximum absolute atomic E-state index is 13.1. The lowest BCUT2D eigenvalue weighted by atomic mass is 10.0. The minimum Gasteiger partial charge on any atom is -0.444 e. The van der Waals surface area contributed by atoms with Gasteiger partial charge in [0.15, 0.2) is 0 Å². The van der Waals surface area contributed by atoms with E-state index in [1.165, 1.54) is 12.1 Å². The van der Waals surface area contributed by atoms with Crippen LogP contribution in [0, 0.1) is 11.6 Å². The minimum absolute atomic E-state index is 0.380. The van der Waals surface area contributed by atoms with Crippen LogP contribution in [0.1, 0.15) is 45.7 Å². The fourth-order valence-electron chi connectivity index (χ4n) is 1.65. The lowest BCUT2D eigenvalue weighted by Crippen LogP contribution is -2.34. The first kappa shape index (κ1) is 15.4. The van der Waals surface area contributed by atoms with Gasteiger partial charge in [-0.3, -0.25) is 0 Å². The molecule has 0 aliphatic carbocycles. The highest BCUT2D eigenvalue weighted by Gasteiger charge is 2.20. The zero-order valence-electron chi connectivity index (χ0n) is 11.6. The van der Waals surface area contributed by atoms with E-state index in [-0.39, 0.29) is 0 Å². The molecule has 5 heteroatoms. The van der Waals surface area contributed by atoms with E-state index >= 15 is 0 Å². The van der Waals surface area contributed by atoms with Gasteiger partial charge in [0, 0.05) is 6.07 Å². The minimum atomic E-state index is -0.667. The highest BCUT2D eigenvalue weighted by Crippen LogP contribution is 2.20. The number of amides is 1. The van der Waals surface area contributed by atoms with E-state index in [0.717, 1.165) is 6.07 Å². The van der Waals surface area contributed by atoms with Gasteiger partial charge in [-0.05, 0) is 44.9 Å². The second-order valence-corrected chi connectivity index (χ2v) is 5.31. The first-order valence-corrected chi connectivity index (χ1v) is 6.17. The van der Waals surface area contributed by atoms with Gasteiger partial charge < -0.3 is 10.1 Å². The normalized spacial score (nSPS) is 12.9. The van der Waals surface area contributed by atoms with Gasteiger partial charge in [0.25, 0.3) is 0 Å². The Morgan fingerprint density at radius 2 is 1.79 bits per heavy atom. The molecule has 0 aromatic heterocycles. The van der Waals surface area contributed by atoms with Gasteiger partial charge in [-0.25, -0.2) is 13.6 Å². The second-order valence-electron chi connectivity index (χ2n) is 5.31. The second kappa shape index (κ2) is 5.99. The summed E-state index contributed by atoms with van der Waals surface area (Å²) >= 11 is 0. The van der Waals surface area contributed by atoms with E-state index in [9.17, 15) is 13.6 Å². The number of hydrogen-bond donors (Lipinski definition) is 1. The third kappa shape index (κ3) is 5.24. The predicted octanol–water partition coefficient (Wildman–Crippen LogP) is 3.94. The van der Waals surface area contributed by atoms with Crippen LogP contribution in [0.4, 0.5) is 13.6 Å². The number of benzene rings is 1. The summed E-state index contributed by atoms with van der Waals surface area (Å²) < 4.78 is 31.4. The van der Waals surface area contributed by atoms with Crippen LogP contribution in [-0.4, -0.2) is 11.7 Å². The molecule has 0 fully saturated rings. The average Bonchev–Trinajstić information content (AvgIpc) is 2.21.